The minimum absolute atomic E-state index is 0.0704. The molecule has 2 aromatic rings. The minimum atomic E-state index is -0.813. The number of amides is 2. The third-order valence-electron chi connectivity index (χ3n) is 4.79. The van der Waals surface area contributed by atoms with Gasteiger partial charge in [0.15, 0.2) is 0 Å². The van der Waals surface area contributed by atoms with Crippen molar-refractivity contribution < 1.29 is 19.5 Å². The number of hydrogen-bond donors (Lipinski definition) is 2. The molecule has 6 nitrogen and oxygen atoms in total. The Hall–Kier alpha value is -2.73. The third kappa shape index (κ3) is 4.26. The van der Waals surface area contributed by atoms with E-state index in [-0.39, 0.29) is 18.6 Å². The second kappa shape index (κ2) is 7.66. The van der Waals surface area contributed by atoms with E-state index in [1.165, 1.54) is 5.56 Å². The first-order valence-electron chi connectivity index (χ1n) is 8.64. The van der Waals surface area contributed by atoms with Crippen LogP contribution in [-0.4, -0.2) is 30.0 Å². The molecule has 1 fully saturated rings. The van der Waals surface area contributed by atoms with Crippen molar-refractivity contribution in [1.82, 2.24) is 5.06 Å². The third-order valence-corrected chi connectivity index (χ3v) is 4.79. The van der Waals surface area contributed by atoms with Crippen LogP contribution in [0.5, 0.6) is 11.5 Å². The van der Waals surface area contributed by atoms with Crippen molar-refractivity contribution in [2.75, 3.05) is 13.7 Å². The van der Waals surface area contributed by atoms with Gasteiger partial charge < -0.3 is 15.2 Å². The Morgan fingerprint density at radius 1 is 1.19 bits per heavy atom. The van der Waals surface area contributed by atoms with E-state index in [2.05, 4.69) is 0 Å². The van der Waals surface area contributed by atoms with Crippen LogP contribution in [0.2, 0.25) is 0 Å². The molecule has 0 saturated heterocycles. The van der Waals surface area contributed by atoms with E-state index >= 15 is 0 Å². The van der Waals surface area contributed by atoms with Gasteiger partial charge in [-0.05, 0) is 60.6 Å². The summed E-state index contributed by atoms with van der Waals surface area (Å²) < 4.78 is 11.2. The molecule has 1 aliphatic rings. The number of rotatable bonds is 7. The normalized spacial score (nSPS) is 19.5. The molecule has 3 unspecified atom stereocenters. The fraction of sp³-hybridized carbons (Fsp3) is 0.350. The molecule has 0 heterocycles. The lowest BCUT2D eigenvalue weighted by Gasteiger charge is -2.16. The van der Waals surface area contributed by atoms with E-state index in [0.29, 0.717) is 11.0 Å². The van der Waals surface area contributed by atoms with Crippen LogP contribution in [0.25, 0.3) is 0 Å². The monoisotopic (exact) mass is 356 g/mol. The van der Waals surface area contributed by atoms with E-state index in [1.807, 2.05) is 55.5 Å². The molecule has 2 amide bonds. The largest absolute Gasteiger partial charge is 0.497 e. The molecule has 26 heavy (non-hydrogen) atoms. The summed E-state index contributed by atoms with van der Waals surface area (Å²) in [4.78, 5) is 10.9. The van der Waals surface area contributed by atoms with E-state index < -0.39 is 6.03 Å². The van der Waals surface area contributed by atoms with Gasteiger partial charge in [0, 0.05) is 0 Å². The van der Waals surface area contributed by atoms with Gasteiger partial charge in [0.25, 0.3) is 0 Å². The Morgan fingerprint density at radius 2 is 1.81 bits per heavy atom. The van der Waals surface area contributed by atoms with Gasteiger partial charge in [-0.15, -0.1) is 0 Å². The molecule has 3 atom stereocenters. The maximum Gasteiger partial charge on any atom is 0.338 e. The van der Waals surface area contributed by atoms with Crippen LogP contribution in [-0.2, 0) is 0 Å². The number of nitrogens with zero attached hydrogens (tertiary/aromatic N) is 1. The number of ether oxygens (including phenoxy) is 2. The van der Waals surface area contributed by atoms with Crippen molar-refractivity contribution in [3.63, 3.8) is 0 Å². The van der Waals surface area contributed by atoms with Crippen molar-refractivity contribution in [3.05, 3.63) is 59.7 Å². The Morgan fingerprint density at radius 3 is 2.38 bits per heavy atom. The molecule has 1 saturated carbocycles. The first-order valence-corrected chi connectivity index (χ1v) is 8.64. The van der Waals surface area contributed by atoms with Gasteiger partial charge >= 0.3 is 6.03 Å². The highest BCUT2D eigenvalue weighted by Crippen LogP contribution is 2.48. The SMILES string of the molecule is COc1ccc(C(C)Oc2ccc(C3CC3CN(O)C(N)=O)cc2)cc1. The van der Waals surface area contributed by atoms with E-state index in [4.69, 9.17) is 15.2 Å². The maximum atomic E-state index is 10.9. The lowest BCUT2D eigenvalue weighted by molar-refractivity contribution is -0.0431. The molecule has 0 bridgehead atoms. The highest BCUT2D eigenvalue weighted by Gasteiger charge is 2.39. The molecule has 1 aliphatic carbocycles. The van der Waals surface area contributed by atoms with Gasteiger partial charge in [-0.2, -0.15) is 0 Å². The Balaban J connectivity index is 1.55. The summed E-state index contributed by atoms with van der Waals surface area (Å²) >= 11 is 0. The van der Waals surface area contributed by atoms with Crippen LogP contribution < -0.4 is 15.2 Å². The number of benzene rings is 2. The smallest absolute Gasteiger partial charge is 0.338 e. The number of methoxy groups -OCH3 is 1. The number of carbonyl (C=O) groups excluding carboxylic acids is 1. The highest BCUT2D eigenvalue weighted by molar-refractivity contribution is 5.70. The van der Waals surface area contributed by atoms with Crippen LogP contribution in [0.15, 0.2) is 48.5 Å². The van der Waals surface area contributed by atoms with Gasteiger partial charge in [0.2, 0.25) is 0 Å². The van der Waals surface area contributed by atoms with Crippen LogP contribution in [0.1, 0.15) is 36.5 Å². The zero-order valence-electron chi connectivity index (χ0n) is 15.0. The fourth-order valence-corrected chi connectivity index (χ4v) is 3.11. The first kappa shape index (κ1) is 18.1. The average Bonchev–Trinajstić information content (AvgIpc) is 3.41. The molecule has 3 N–H and O–H groups in total. The summed E-state index contributed by atoms with van der Waals surface area (Å²) in [5.74, 6) is 2.21. The number of carbonyl (C=O) groups is 1. The number of primary amides is 1. The van der Waals surface area contributed by atoms with Crippen LogP contribution in [0.3, 0.4) is 0 Å². The summed E-state index contributed by atoms with van der Waals surface area (Å²) in [6, 6.07) is 15.0. The topological polar surface area (TPSA) is 85.0 Å². The van der Waals surface area contributed by atoms with Crippen molar-refractivity contribution in [2.45, 2.75) is 25.4 Å². The summed E-state index contributed by atoms with van der Waals surface area (Å²) in [5.41, 5.74) is 7.29. The summed E-state index contributed by atoms with van der Waals surface area (Å²) in [6.07, 6.45) is 0.867. The molecule has 0 spiro atoms. The number of nitrogens with two attached hydrogens (primary N) is 1. The van der Waals surface area contributed by atoms with Crippen molar-refractivity contribution in [3.8, 4) is 11.5 Å². The summed E-state index contributed by atoms with van der Waals surface area (Å²) in [7, 11) is 1.65. The molecule has 2 aromatic carbocycles. The van der Waals surface area contributed by atoms with Crippen LogP contribution >= 0.6 is 0 Å². The standard InChI is InChI=1S/C20H24N2O4/c1-13(14-3-7-17(25-2)8-4-14)26-18-9-5-15(6-10-18)19-11-16(19)12-22(24)20(21)23/h3-10,13,16,19,24H,11-12H2,1-2H3,(H2,21,23). The Kier molecular flexibility index (Phi) is 5.32. The van der Waals surface area contributed by atoms with E-state index in [0.717, 1.165) is 23.5 Å². The van der Waals surface area contributed by atoms with Crippen molar-refractivity contribution >= 4 is 6.03 Å². The maximum absolute atomic E-state index is 10.9. The predicted molar refractivity (Wildman–Crippen MR) is 97.4 cm³/mol. The lowest BCUT2D eigenvalue weighted by atomic mass is 10.1. The summed E-state index contributed by atoms with van der Waals surface area (Å²) in [5, 5.41) is 10.00. The molecule has 3 rings (SSSR count). The molecule has 0 radical (unpaired) electrons. The molecule has 138 valence electrons. The predicted octanol–water partition coefficient (Wildman–Crippen LogP) is 3.71. The van der Waals surface area contributed by atoms with Crippen LogP contribution in [0.4, 0.5) is 4.79 Å². The second-order valence-electron chi connectivity index (χ2n) is 6.62. The van der Waals surface area contributed by atoms with Gasteiger partial charge in [-0.1, -0.05) is 24.3 Å². The van der Waals surface area contributed by atoms with Crippen molar-refractivity contribution in [1.29, 1.82) is 0 Å². The minimum Gasteiger partial charge on any atom is -0.497 e. The Bertz CT molecular complexity index is 745. The molecular weight excluding hydrogens is 332 g/mol. The van der Waals surface area contributed by atoms with Gasteiger partial charge in [-0.25, -0.2) is 9.86 Å². The molecule has 0 aromatic heterocycles. The highest BCUT2D eigenvalue weighted by atomic mass is 16.5. The number of urea groups is 1. The second-order valence-corrected chi connectivity index (χ2v) is 6.62. The van der Waals surface area contributed by atoms with Crippen molar-refractivity contribution in [2.24, 2.45) is 11.7 Å². The fourth-order valence-electron chi connectivity index (χ4n) is 3.11. The first-order chi connectivity index (χ1) is 12.5. The molecular formula is C20H24N2O4. The van der Waals surface area contributed by atoms with E-state index in [9.17, 15) is 10.0 Å². The lowest BCUT2D eigenvalue weighted by Crippen LogP contribution is -2.34. The zero-order valence-corrected chi connectivity index (χ0v) is 15.0. The molecule has 6 heteroatoms. The molecule has 0 aliphatic heterocycles. The number of hydroxylamine groups is 2. The van der Waals surface area contributed by atoms with Gasteiger partial charge in [0.1, 0.15) is 17.6 Å². The average molecular weight is 356 g/mol. The van der Waals surface area contributed by atoms with Gasteiger partial charge in [-0.3, -0.25) is 5.21 Å². The quantitative estimate of drug-likeness (QED) is 0.585. The van der Waals surface area contributed by atoms with E-state index in [1.54, 1.807) is 7.11 Å². The summed E-state index contributed by atoms with van der Waals surface area (Å²) in [6.45, 7) is 2.28. The Labute approximate surface area is 153 Å². The zero-order chi connectivity index (χ0) is 18.7. The van der Waals surface area contributed by atoms with Gasteiger partial charge in [0.05, 0.1) is 13.7 Å². The van der Waals surface area contributed by atoms with Crippen LogP contribution in [0, 0.1) is 5.92 Å². The number of hydrogen-bond acceptors (Lipinski definition) is 4.